The van der Waals surface area contributed by atoms with E-state index in [0.717, 1.165) is 12.2 Å². The standard InChI is InChI=1S/C12H16O4/c1-3-9-14-11-7-5-10(6-8-11)12(13)16-15-4-2/h5-8H,3-4,9H2,1-2H3. The van der Waals surface area contributed by atoms with E-state index < -0.39 is 5.97 Å². The highest BCUT2D eigenvalue weighted by Crippen LogP contribution is 2.13. The molecule has 1 aromatic carbocycles. The minimum Gasteiger partial charge on any atom is -0.494 e. The van der Waals surface area contributed by atoms with Crippen molar-refractivity contribution >= 4 is 5.97 Å². The summed E-state index contributed by atoms with van der Waals surface area (Å²) in [6, 6.07) is 6.76. The molecule has 0 atom stereocenters. The summed E-state index contributed by atoms with van der Waals surface area (Å²) in [5.41, 5.74) is 0.442. The van der Waals surface area contributed by atoms with E-state index in [1.807, 2.05) is 6.92 Å². The van der Waals surface area contributed by atoms with Crippen molar-refractivity contribution in [3.05, 3.63) is 29.8 Å². The van der Waals surface area contributed by atoms with Crippen molar-refractivity contribution in [3.8, 4) is 5.75 Å². The molecule has 0 aliphatic heterocycles. The van der Waals surface area contributed by atoms with Gasteiger partial charge in [-0.15, -0.1) is 0 Å². The van der Waals surface area contributed by atoms with Gasteiger partial charge in [0.25, 0.3) is 0 Å². The quantitative estimate of drug-likeness (QED) is 0.550. The zero-order valence-corrected chi connectivity index (χ0v) is 9.56. The van der Waals surface area contributed by atoms with Crippen molar-refractivity contribution in [2.75, 3.05) is 13.2 Å². The summed E-state index contributed by atoms with van der Waals surface area (Å²) >= 11 is 0. The summed E-state index contributed by atoms with van der Waals surface area (Å²) in [6.07, 6.45) is 0.953. The van der Waals surface area contributed by atoms with E-state index in [4.69, 9.17) is 4.74 Å². The first-order valence-corrected chi connectivity index (χ1v) is 5.34. The lowest BCUT2D eigenvalue weighted by Crippen LogP contribution is -2.05. The second kappa shape index (κ2) is 6.85. The third-order valence-corrected chi connectivity index (χ3v) is 1.82. The van der Waals surface area contributed by atoms with Crippen LogP contribution in [0.3, 0.4) is 0 Å². The molecule has 4 heteroatoms. The van der Waals surface area contributed by atoms with Crippen LogP contribution in [0.15, 0.2) is 24.3 Å². The van der Waals surface area contributed by atoms with Crippen LogP contribution in [0, 0.1) is 0 Å². The van der Waals surface area contributed by atoms with Gasteiger partial charge >= 0.3 is 5.97 Å². The van der Waals surface area contributed by atoms with Crippen molar-refractivity contribution in [1.82, 2.24) is 0 Å². The molecule has 0 aliphatic carbocycles. The molecule has 0 unspecified atom stereocenters. The maximum atomic E-state index is 11.3. The van der Waals surface area contributed by atoms with Crippen LogP contribution in [0.4, 0.5) is 0 Å². The molecule has 0 aromatic heterocycles. The number of ether oxygens (including phenoxy) is 1. The lowest BCUT2D eigenvalue weighted by molar-refractivity contribution is -0.236. The number of hydrogen-bond acceptors (Lipinski definition) is 4. The molecule has 88 valence electrons. The van der Waals surface area contributed by atoms with Gasteiger partial charge in [0.1, 0.15) is 5.75 Å². The van der Waals surface area contributed by atoms with Crippen LogP contribution in [0.5, 0.6) is 5.75 Å². The van der Waals surface area contributed by atoms with Crippen molar-refractivity contribution in [2.24, 2.45) is 0 Å². The van der Waals surface area contributed by atoms with Crippen molar-refractivity contribution in [1.29, 1.82) is 0 Å². The summed E-state index contributed by atoms with van der Waals surface area (Å²) in [7, 11) is 0. The molecule has 0 heterocycles. The zero-order chi connectivity index (χ0) is 11.8. The van der Waals surface area contributed by atoms with Gasteiger partial charge < -0.3 is 4.74 Å². The van der Waals surface area contributed by atoms with Crippen molar-refractivity contribution in [2.45, 2.75) is 20.3 Å². The number of carbonyl (C=O) groups is 1. The summed E-state index contributed by atoms with van der Waals surface area (Å²) < 4.78 is 5.39. The smallest absolute Gasteiger partial charge is 0.373 e. The average molecular weight is 224 g/mol. The molecule has 16 heavy (non-hydrogen) atoms. The molecule has 0 radical (unpaired) electrons. The van der Waals surface area contributed by atoms with Crippen LogP contribution in [0.2, 0.25) is 0 Å². The molecule has 1 rings (SSSR count). The van der Waals surface area contributed by atoms with E-state index in [1.54, 1.807) is 31.2 Å². The van der Waals surface area contributed by atoms with E-state index in [-0.39, 0.29) is 0 Å². The second-order valence-corrected chi connectivity index (χ2v) is 3.15. The Morgan fingerprint density at radius 2 is 1.88 bits per heavy atom. The van der Waals surface area contributed by atoms with Gasteiger partial charge in [0.2, 0.25) is 0 Å². The van der Waals surface area contributed by atoms with Crippen molar-refractivity contribution < 1.29 is 19.3 Å². The molecule has 0 amide bonds. The summed E-state index contributed by atoms with van der Waals surface area (Å²) in [5.74, 6) is 0.249. The van der Waals surface area contributed by atoms with Gasteiger partial charge in [0.05, 0.1) is 18.8 Å². The summed E-state index contributed by atoms with van der Waals surface area (Å²) in [6.45, 7) is 4.79. The second-order valence-electron chi connectivity index (χ2n) is 3.15. The fourth-order valence-corrected chi connectivity index (χ4v) is 1.07. The molecule has 0 bridgehead atoms. The predicted octanol–water partition coefficient (Wildman–Crippen LogP) is 2.58. The van der Waals surface area contributed by atoms with Gasteiger partial charge in [-0.3, -0.25) is 4.89 Å². The largest absolute Gasteiger partial charge is 0.494 e. The Morgan fingerprint density at radius 1 is 1.19 bits per heavy atom. The van der Waals surface area contributed by atoms with Crippen LogP contribution in [-0.4, -0.2) is 19.2 Å². The van der Waals surface area contributed by atoms with Crippen LogP contribution >= 0.6 is 0 Å². The highest BCUT2D eigenvalue weighted by molar-refractivity contribution is 5.89. The van der Waals surface area contributed by atoms with Crippen LogP contribution in [0.25, 0.3) is 0 Å². The summed E-state index contributed by atoms with van der Waals surface area (Å²) in [4.78, 5) is 20.4. The Morgan fingerprint density at radius 3 is 2.44 bits per heavy atom. The predicted molar refractivity (Wildman–Crippen MR) is 59.3 cm³/mol. The Balaban J connectivity index is 2.53. The number of hydrogen-bond donors (Lipinski definition) is 0. The van der Waals surface area contributed by atoms with Crippen LogP contribution in [0.1, 0.15) is 30.6 Å². The van der Waals surface area contributed by atoms with E-state index in [2.05, 4.69) is 9.78 Å². The third-order valence-electron chi connectivity index (χ3n) is 1.82. The third kappa shape index (κ3) is 3.90. The highest BCUT2D eigenvalue weighted by atomic mass is 17.2. The van der Waals surface area contributed by atoms with E-state index in [1.165, 1.54) is 0 Å². The minimum absolute atomic E-state index is 0.337. The van der Waals surface area contributed by atoms with Gasteiger partial charge in [-0.05, 0) is 37.6 Å². The monoisotopic (exact) mass is 224 g/mol. The first-order chi connectivity index (χ1) is 7.77. The van der Waals surface area contributed by atoms with E-state index in [0.29, 0.717) is 18.8 Å². The molecule has 0 saturated carbocycles. The molecule has 0 spiro atoms. The maximum absolute atomic E-state index is 11.3. The maximum Gasteiger partial charge on any atom is 0.373 e. The number of carbonyl (C=O) groups excluding carboxylic acids is 1. The fraction of sp³-hybridized carbons (Fsp3) is 0.417. The topological polar surface area (TPSA) is 44.8 Å². The number of benzene rings is 1. The van der Waals surface area contributed by atoms with Gasteiger partial charge in [0.15, 0.2) is 0 Å². The van der Waals surface area contributed by atoms with Gasteiger partial charge in [-0.25, -0.2) is 4.79 Å². The zero-order valence-electron chi connectivity index (χ0n) is 9.56. The molecule has 0 fully saturated rings. The lowest BCUT2D eigenvalue weighted by Gasteiger charge is -2.05. The van der Waals surface area contributed by atoms with E-state index >= 15 is 0 Å². The fourth-order valence-electron chi connectivity index (χ4n) is 1.07. The molecule has 4 nitrogen and oxygen atoms in total. The highest BCUT2D eigenvalue weighted by Gasteiger charge is 2.07. The average Bonchev–Trinajstić information content (AvgIpc) is 2.34. The summed E-state index contributed by atoms with van der Waals surface area (Å²) in [5, 5.41) is 0. The molecule has 0 N–H and O–H groups in total. The normalized spacial score (nSPS) is 9.88. The van der Waals surface area contributed by atoms with Crippen LogP contribution < -0.4 is 4.74 Å². The Labute approximate surface area is 95.1 Å². The van der Waals surface area contributed by atoms with Crippen molar-refractivity contribution in [3.63, 3.8) is 0 Å². The minimum atomic E-state index is -0.496. The SMILES string of the molecule is CCCOc1ccc(C(=O)OOCC)cc1. The van der Waals surface area contributed by atoms with Gasteiger partial charge in [-0.1, -0.05) is 6.92 Å². The molecular formula is C12H16O4. The van der Waals surface area contributed by atoms with E-state index in [9.17, 15) is 4.79 Å². The Kier molecular flexibility index (Phi) is 5.36. The molecular weight excluding hydrogens is 208 g/mol. The van der Waals surface area contributed by atoms with Crippen LogP contribution in [-0.2, 0) is 9.78 Å². The van der Waals surface area contributed by atoms with Gasteiger partial charge in [-0.2, -0.15) is 4.89 Å². The Bertz CT molecular complexity index is 318. The first-order valence-electron chi connectivity index (χ1n) is 5.34. The molecule has 1 aromatic rings. The lowest BCUT2D eigenvalue weighted by atomic mass is 10.2. The Hall–Kier alpha value is -1.55. The number of rotatable bonds is 6. The molecule has 0 aliphatic rings. The molecule has 0 saturated heterocycles. The van der Waals surface area contributed by atoms with Gasteiger partial charge in [0, 0.05) is 0 Å². The first kappa shape index (κ1) is 12.5.